The molecule has 0 aliphatic carbocycles. The van der Waals surface area contributed by atoms with Gasteiger partial charge in [-0.05, 0) is 45.2 Å². The first-order chi connectivity index (χ1) is 12.3. The van der Waals surface area contributed by atoms with Gasteiger partial charge in [-0.2, -0.15) is 4.98 Å². The van der Waals surface area contributed by atoms with Gasteiger partial charge in [0, 0.05) is 30.0 Å². The molecule has 26 heavy (non-hydrogen) atoms. The maximum Gasteiger partial charge on any atom is 0.227 e. The molecule has 1 saturated heterocycles. The first-order valence-corrected chi connectivity index (χ1v) is 10.8. The van der Waals surface area contributed by atoms with Gasteiger partial charge in [-0.3, -0.25) is 0 Å². The number of para-hydroxylation sites is 1. The average molecular weight is 375 g/mol. The highest BCUT2D eigenvalue weighted by Gasteiger charge is 2.33. The summed E-state index contributed by atoms with van der Waals surface area (Å²) in [5.74, 6) is 1.73. The quantitative estimate of drug-likeness (QED) is 0.866. The number of anilines is 3. The lowest BCUT2D eigenvalue weighted by Crippen LogP contribution is -2.37. The second-order valence-electron chi connectivity index (χ2n) is 6.93. The summed E-state index contributed by atoms with van der Waals surface area (Å²) < 4.78 is 23.7. The monoisotopic (exact) mass is 374 g/mol. The summed E-state index contributed by atoms with van der Waals surface area (Å²) in [6.45, 7) is 8.74. The fourth-order valence-corrected chi connectivity index (χ4v) is 5.20. The first kappa shape index (κ1) is 18.6. The van der Waals surface area contributed by atoms with Crippen molar-refractivity contribution in [2.24, 2.45) is 0 Å². The smallest absolute Gasteiger partial charge is 0.227 e. The van der Waals surface area contributed by atoms with Crippen LogP contribution in [0.3, 0.4) is 0 Å². The number of aromatic nitrogens is 2. The molecule has 0 spiro atoms. The van der Waals surface area contributed by atoms with Crippen LogP contribution in [0.5, 0.6) is 0 Å². The predicted molar refractivity (Wildman–Crippen MR) is 106 cm³/mol. The Morgan fingerprint density at radius 3 is 2.46 bits per heavy atom. The predicted octanol–water partition coefficient (Wildman–Crippen LogP) is 3.16. The molecule has 140 valence electrons. The van der Waals surface area contributed by atoms with Gasteiger partial charge in [-0.15, -0.1) is 0 Å². The van der Waals surface area contributed by atoms with E-state index in [1.165, 1.54) is 0 Å². The lowest BCUT2D eigenvalue weighted by atomic mass is 10.1. The Hall–Kier alpha value is -2.15. The van der Waals surface area contributed by atoms with E-state index >= 15 is 0 Å². The molecule has 0 bridgehead atoms. The number of sulfone groups is 1. The molecule has 6 nitrogen and oxygen atoms in total. The molecule has 1 fully saturated rings. The van der Waals surface area contributed by atoms with Crippen LogP contribution >= 0.6 is 0 Å². The third-order valence-electron chi connectivity index (χ3n) is 4.82. The highest BCUT2D eigenvalue weighted by Crippen LogP contribution is 2.26. The molecular formula is C19H26N4O2S. The first-order valence-electron chi connectivity index (χ1n) is 8.95. The molecule has 1 N–H and O–H groups in total. The molecule has 0 saturated carbocycles. The van der Waals surface area contributed by atoms with E-state index in [0.29, 0.717) is 18.9 Å². The van der Waals surface area contributed by atoms with Crippen LogP contribution in [0.4, 0.5) is 17.5 Å². The maximum absolute atomic E-state index is 11.9. The van der Waals surface area contributed by atoms with Gasteiger partial charge < -0.3 is 10.2 Å². The zero-order valence-corrected chi connectivity index (χ0v) is 16.6. The summed E-state index contributed by atoms with van der Waals surface area (Å²) in [5, 5.41) is 3.41. The molecule has 1 aliphatic rings. The summed E-state index contributed by atoms with van der Waals surface area (Å²) in [5.41, 5.74) is 4.19. The van der Waals surface area contributed by atoms with Crippen molar-refractivity contribution in [1.29, 1.82) is 0 Å². The van der Waals surface area contributed by atoms with Crippen LogP contribution in [0.15, 0.2) is 24.3 Å². The fourth-order valence-electron chi connectivity index (χ4n) is 3.47. The minimum Gasteiger partial charge on any atom is -0.340 e. The van der Waals surface area contributed by atoms with Crippen LogP contribution in [0, 0.1) is 20.8 Å². The van der Waals surface area contributed by atoms with Crippen LogP contribution in [0.25, 0.3) is 0 Å². The van der Waals surface area contributed by atoms with Crippen LogP contribution in [0.1, 0.15) is 30.2 Å². The largest absolute Gasteiger partial charge is 0.340 e. The highest BCUT2D eigenvalue weighted by molar-refractivity contribution is 7.91. The third kappa shape index (κ3) is 3.98. The zero-order chi connectivity index (χ0) is 18.9. The molecule has 3 rings (SSSR count). The Bertz CT molecular complexity index is 892. The fraction of sp³-hybridized carbons (Fsp3) is 0.474. The average Bonchev–Trinajstić information content (AvgIpc) is 2.91. The van der Waals surface area contributed by atoms with Crippen LogP contribution < -0.4 is 10.2 Å². The molecule has 0 amide bonds. The number of aryl methyl sites for hydroxylation is 3. The van der Waals surface area contributed by atoms with Crippen molar-refractivity contribution in [3.05, 3.63) is 41.1 Å². The molecule has 1 aliphatic heterocycles. The second-order valence-corrected chi connectivity index (χ2v) is 9.16. The minimum atomic E-state index is -2.95. The van der Waals surface area contributed by atoms with Gasteiger partial charge in [0.25, 0.3) is 0 Å². The number of rotatable bonds is 5. The van der Waals surface area contributed by atoms with Crippen molar-refractivity contribution in [3.8, 4) is 0 Å². The van der Waals surface area contributed by atoms with Crippen molar-refractivity contribution < 1.29 is 8.42 Å². The maximum atomic E-state index is 11.9. The highest BCUT2D eigenvalue weighted by atomic mass is 32.2. The lowest BCUT2D eigenvalue weighted by molar-refractivity contribution is 0.599. The number of nitrogens with zero attached hydrogens (tertiary/aromatic N) is 3. The van der Waals surface area contributed by atoms with E-state index in [4.69, 9.17) is 0 Å². The standard InChI is InChI=1S/C19H26N4O2S/c1-5-23(16-9-10-26(24,25)12-16)19-20-15(4)11-17(22-19)21-18-13(2)7-6-8-14(18)3/h6-8,11,16H,5,9-10,12H2,1-4H3,(H,20,21,22). The van der Waals surface area contributed by atoms with E-state index < -0.39 is 9.84 Å². The summed E-state index contributed by atoms with van der Waals surface area (Å²) in [6.07, 6.45) is 0.632. The Morgan fingerprint density at radius 1 is 1.19 bits per heavy atom. The van der Waals surface area contributed by atoms with Crippen LogP contribution in [0.2, 0.25) is 0 Å². The molecule has 2 aromatic rings. The SMILES string of the molecule is CCN(c1nc(C)cc(Nc2c(C)cccc2C)n1)C1CCS(=O)(=O)C1. The topological polar surface area (TPSA) is 75.2 Å². The van der Waals surface area contributed by atoms with E-state index in [9.17, 15) is 8.42 Å². The molecule has 1 aromatic heterocycles. The summed E-state index contributed by atoms with van der Waals surface area (Å²) >= 11 is 0. The number of benzene rings is 1. The second kappa shape index (κ2) is 7.23. The summed E-state index contributed by atoms with van der Waals surface area (Å²) in [7, 11) is -2.95. The Kier molecular flexibility index (Phi) is 5.18. The van der Waals surface area contributed by atoms with E-state index in [2.05, 4.69) is 41.3 Å². The van der Waals surface area contributed by atoms with Gasteiger partial charge in [0.15, 0.2) is 9.84 Å². The van der Waals surface area contributed by atoms with Crippen molar-refractivity contribution >= 4 is 27.3 Å². The molecule has 2 heterocycles. The van der Waals surface area contributed by atoms with Crippen molar-refractivity contribution in [1.82, 2.24) is 9.97 Å². The normalized spacial score (nSPS) is 18.7. The Balaban J connectivity index is 1.92. The molecule has 1 aromatic carbocycles. The minimum absolute atomic E-state index is 0.0557. The van der Waals surface area contributed by atoms with E-state index in [1.54, 1.807) is 0 Å². The van der Waals surface area contributed by atoms with Gasteiger partial charge >= 0.3 is 0 Å². The van der Waals surface area contributed by atoms with Crippen LogP contribution in [-0.2, 0) is 9.84 Å². The molecule has 0 radical (unpaired) electrons. The van der Waals surface area contributed by atoms with Crippen molar-refractivity contribution in [3.63, 3.8) is 0 Å². The van der Waals surface area contributed by atoms with Gasteiger partial charge in [0.1, 0.15) is 5.82 Å². The Morgan fingerprint density at radius 2 is 1.88 bits per heavy atom. The zero-order valence-electron chi connectivity index (χ0n) is 15.8. The van der Waals surface area contributed by atoms with Gasteiger partial charge in [-0.25, -0.2) is 13.4 Å². The van der Waals surface area contributed by atoms with Gasteiger partial charge in [-0.1, -0.05) is 18.2 Å². The van der Waals surface area contributed by atoms with Crippen molar-refractivity contribution in [2.45, 2.75) is 40.2 Å². The molecule has 1 atom stereocenters. The van der Waals surface area contributed by atoms with E-state index in [-0.39, 0.29) is 17.5 Å². The molecular weight excluding hydrogens is 348 g/mol. The van der Waals surface area contributed by atoms with Gasteiger partial charge in [0.2, 0.25) is 5.95 Å². The molecule has 7 heteroatoms. The number of nitrogens with one attached hydrogen (secondary N) is 1. The number of hydrogen-bond donors (Lipinski definition) is 1. The summed E-state index contributed by atoms with van der Waals surface area (Å²) in [6, 6.07) is 8.01. The number of hydrogen-bond acceptors (Lipinski definition) is 6. The molecule has 1 unspecified atom stereocenters. The third-order valence-corrected chi connectivity index (χ3v) is 6.57. The Labute approximate surface area is 155 Å². The summed E-state index contributed by atoms with van der Waals surface area (Å²) in [4.78, 5) is 11.3. The van der Waals surface area contributed by atoms with Crippen LogP contribution in [-0.4, -0.2) is 42.5 Å². The van der Waals surface area contributed by atoms with E-state index in [1.807, 2.05) is 30.9 Å². The van der Waals surface area contributed by atoms with E-state index in [0.717, 1.165) is 28.3 Å². The van der Waals surface area contributed by atoms with Crippen molar-refractivity contribution in [2.75, 3.05) is 28.3 Å². The van der Waals surface area contributed by atoms with Gasteiger partial charge in [0.05, 0.1) is 11.5 Å². The lowest BCUT2D eigenvalue weighted by Gasteiger charge is -2.27.